The van der Waals surface area contributed by atoms with E-state index in [2.05, 4.69) is 4.74 Å². The molecule has 3 saturated carbocycles. The zero-order valence-corrected chi connectivity index (χ0v) is 16.2. The van der Waals surface area contributed by atoms with Gasteiger partial charge in [-0.1, -0.05) is 20.3 Å². The molecule has 6 atom stereocenters. The number of aliphatic carboxylic acids is 1. The third-order valence-corrected chi connectivity index (χ3v) is 6.15. The molecule has 2 bridgehead atoms. The van der Waals surface area contributed by atoms with Crippen LogP contribution in [-0.2, 0) is 14.3 Å². The first-order chi connectivity index (χ1) is 11.9. The summed E-state index contributed by atoms with van der Waals surface area (Å²) in [7, 11) is 0. The average molecular weight is 357 g/mol. The molecular weight excluding hydrogens is 320 g/mol. The number of carboxylic acid groups (broad SMARTS) is 1. The molecule has 0 radical (unpaired) electrons. The number of aliphatic hydroxyl groups excluding tert-OH is 1. The number of carboxylic acids is 1. The van der Waals surface area contributed by atoms with Gasteiger partial charge in [-0.2, -0.15) is 0 Å². The summed E-state index contributed by atoms with van der Waals surface area (Å²) in [6, 6.07) is 0. The van der Waals surface area contributed by atoms with Crippen LogP contribution in [0.4, 0.5) is 0 Å². The number of rotatable bonds is 4. The molecule has 3 aliphatic carbocycles. The van der Waals surface area contributed by atoms with Crippen LogP contribution >= 0.6 is 0 Å². The van der Waals surface area contributed by atoms with E-state index in [1.807, 2.05) is 0 Å². The number of ether oxygens (including phenoxy) is 1. The molecule has 0 aromatic carbocycles. The van der Waals surface area contributed by atoms with Crippen molar-refractivity contribution >= 4 is 11.9 Å². The van der Waals surface area contributed by atoms with E-state index in [1.54, 1.807) is 59.3 Å². The van der Waals surface area contributed by atoms with Crippen molar-refractivity contribution in [2.24, 2.45) is 35.5 Å². The highest BCUT2D eigenvalue weighted by atomic mass is 16.5. The summed E-state index contributed by atoms with van der Waals surface area (Å²) >= 11 is 0. The number of esters is 1. The van der Waals surface area contributed by atoms with Gasteiger partial charge in [-0.25, -0.2) is 0 Å². The van der Waals surface area contributed by atoms with E-state index >= 15 is 0 Å². The Labute approximate surface area is 152 Å². The van der Waals surface area contributed by atoms with Gasteiger partial charge in [0.15, 0.2) is 0 Å². The highest BCUT2D eigenvalue weighted by Gasteiger charge is 2.48. The second kappa shape index (κ2) is 10.8. The molecule has 0 heterocycles. The average Bonchev–Trinajstić information content (AvgIpc) is 3.28. The van der Waals surface area contributed by atoms with Crippen molar-refractivity contribution in [1.29, 1.82) is 0 Å². The lowest BCUT2D eigenvalue weighted by atomic mass is 9.82. The number of carbonyl (C=O) groups excluding carboxylic acids is 1. The van der Waals surface area contributed by atoms with Gasteiger partial charge in [0.05, 0.1) is 18.4 Å². The van der Waals surface area contributed by atoms with Crippen molar-refractivity contribution in [2.45, 2.75) is 66.2 Å². The number of carbonyl (C=O) groups is 2. The standard InChI is InChI=1S/C10H16.C8H14O4.C2H6O/c1-2-9-7-4-5-8(6-7)10(9)3-1;1-4-12-8(11)6(3)5(2)7(9)10;1-2-3/h7-10H,1-6H2;5-6H,4H2,1-3H3,(H,9,10);3H,2H2,1H3. The van der Waals surface area contributed by atoms with Crippen LogP contribution in [0.3, 0.4) is 0 Å². The van der Waals surface area contributed by atoms with Gasteiger partial charge in [-0.05, 0) is 69.6 Å². The third kappa shape index (κ3) is 5.98. The van der Waals surface area contributed by atoms with Crippen molar-refractivity contribution in [3.05, 3.63) is 0 Å². The molecule has 0 aromatic heterocycles. The first-order valence-corrected chi connectivity index (χ1v) is 9.87. The number of fused-ring (bicyclic) bond motifs is 5. The second-order valence-corrected chi connectivity index (χ2v) is 7.58. The summed E-state index contributed by atoms with van der Waals surface area (Å²) in [6.45, 7) is 6.95. The Balaban J connectivity index is 0.000000217. The Kier molecular flexibility index (Phi) is 9.47. The molecule has 3 aliphatic rings. The maximum Gasteiger partial charge on any atom is 0.309 e. The molecule has 146 valence electrons. The van der Waals surface area contributed by atoms with E-state index in [4.69, 9.17) is 10.2 Å². The quantitative estimate of drug-likeness (QED) is 0.750. The smallest absolute Gasteiger partial charge is 0.309 e. The predicted molar refractivity (Wildman–Crippen MR) is 97.0 cm³/mol. The highest BCUT2D eigenvalue weighted by molar-refractivity contribution is 5.80. The summed E-state index contributed by atoms with van der Waals surface area (Å²) in [5.74, 6) is 2.10. The fourth-order valence-corrected chi connectivity index (χ4v) is 4.71. The topological polar surface area (TPSA) is 83.8 Å². The number of aliphatic hydroxyl groups is 1. The largest absolute Gasteiger partial charge is 0.481 e. The Morgan fingerprint density at radius 2 is 1.48 bits per heavy atom. The van der Waals surface area contributed by atoms with Crippen LogP contribution < -0.4 is 0 Å². The Morgan fingerprint density at radius 3 is 1.88 bits per heavy atom. The minimum Gasteiger partial charge on any atom is -0.481 e. The monoisotopic (exact) mass is 356 g/mol. The third-order valence-electron chi connectivity index (χ3n) is 6.15. The van der Waals surface area contributed by atoms with E-state index in [9.17, 15) is 9.59 Å². The lowest BCUT2D eigenvalue weighted by Gasteiger charge is -2.23. The molecule has 25 heavy (non-hydrogen) atoms. The minimum absolute atomic E-state index is 0.250. The molecule has 5 nitrogen and oxygen atoms in total. The van der Waals surface area contributed by atoms with Crippen LogP contribution in [0.25, 0.3) is 0 Å². The highest BCUT2D eigenvalue weighted by Crippen LogP contribution is 2.58. The normalized spacial score (nSPS) is 30.9. The van der Waals surface area contributed by atoms with Crippen molar-refractivity contribution in [1.82, 2.24) is 0 Å². The molecule has 0 amide bonds. The summed E-state index contributed by atoms with van der Waals surface area (Å²) in [4.78, 5) is 21.4. The predicted octanol–water partition coefficient (Wildman–Crippen LogP) is 3.74. The maximum absolute atomic E-state index is 11.0. The molecule has 6 unspecified atom stereocenters. The van der Waals surface area contributed by atoms with Gasteiger partial charge < -0.3 is 14.9 Å². The second-order valence-electron chi connectivity index (χ2n) is 7.58. The van der Waals surface area contributed by atoms with E-state index in [1.165, 1.54) is 30.6 Å². The van der Waals surface area contributed by atoms with Gasteiger partial charge in [0.2, 0.25) is 0 Å². The molecule has 3 fully saturated rings. The minimum atomic E-state index is -0.976. The van der Waals surface area contributed by atoms with Gasteiger partial charge in [0.1, 0.15) is 0 Å². The summed E-state index contributed by atoms with van der Waals surface area (Å²) in [6.07, 6.45) is 9.53. The molecule has 5 heteroatoms. The lowest BCUT2D eigenvalue weighted by molar-refractivity contribution is -0.156. The fraction of sp³-hybridized carbons (Fsp3) is 0.900. The van der Waals surface area contributed by atoms with Gasteiger partial charge >= 0.3 is 11.9 Å². The Bertz CT molecular complexity index is 406. The SMILES string of the molecule is C1CC2C3CCC(C3)C2C1.CCO.CCOC(=O)C(C)C(C)C(=O)O. The lowest BCUT2D eigenvalue weighted by Crippen LogP contribution is -2.26. The van der Waals surface area contributed by atoms with Crippen LogP contribution in [0.2, 0.25) is 0 Å². The summed E-state index contributed by atoms with van der Waals surface area (Å²) < 4.78 is 4.67. The van der Waals surface area contributed by atoms with Crippen LogP contribution in [-0.4, -0.2) is 35.4 Å². The van der Waals surface area contributed by atoms with Gasteiger partial charge in [0.25, 0.3) is 0 Å². The van der Waals surface area contributed by atoms with Crippen molar-refractivity contribution < 1.29 is 24.5 Å². The zero-order valence-electron chi connectivity index (χ0n) is 16.2. The van der Waals surface area contributed by atoms with Crippen LogP contribution in [0.1, 0.15) is 66.2 Å². The van der Waals surface area contributed by atoms with Crippen molar-refractivity contribution in [3.8, 4) is 0 Å². The maximum atomic E-state index is 11.0. The number of hydrogen-bond acceptors (Lipinski definition) is 4. The van der Waals surface area contributed by atoms with E-state index in [-0.39, 0.29) is 13.2 Å². The number of hydrogen-bond donors (Lipinski definition) is 2. The molecule has 0 aliphatic heterocycles. The molecular formula is C20H36O5. The molecule has 2 N–H and O–H groups in total. The van der Waals surface area contributed by atoms with Gasteiger partial charge in [-0.3, -0.25) is 9.59 Å². The van der Waals surface area contributed by atoms with E-state index < -0.39 is 23.8 Å². The van der Waals surface area contributed by atoms with Gasteiger partial charge in [-0.15, -0.1) is 0 Å². The summed E-state index contributed by atoms with van der Waals surface area (Å²) in [5.41, 5.74) is 0. The van der Waals surface area contributed by atoms with Gasteiger partial charge in [0, 0.05) is 6.61 Å². The molecule has 3 rings (SSSR count). The van der Waals surface area contributed by atoms with E-state index in [0.29, 0.717) is 0 Å². The molecule has 0 spiro atoms. The van der Waals surface area contributed by atoms with Crippen LogP contribution in [0, 0.1) is 35.5 Å². The van der Waals surface area contributed by atoms with Crippen molar-refractivity contribution in [3.63, 3.8) is 0 Å². The Hall–Kier alpha value is -1.10. The van der Waals surface area contributed by atoms with E-state index in [0.717, 1.165) is 0 Å². The first kappa shape index (κ1) is 21.9. The fourth-order valence-electron chi connectivity index (χ4n) is 4.71. The zero-order chi connectivity index (χ0) is 19.0. The summed E-state index contributed by atoms with van der Waals surface area (Å²) in [5, 5.41) is 16.1. The Morgan fingerprint density at radius 1 is 1.00 bits per heavy atom. The molecule has 0 aromatic rings. The first-order valence-electron chi connectivity index (χ1n) is 9.87. The van der Waals surface area contributed by atoms with Crippen molar-refractivity contribution in [2.75, 3.05) is 13.2 Å². The molecule has 0 saturated heterocycles. The van der Waals surface area contributed by atoms with Crippen LogP contribution in [0.15, 0.2) is 0 Å². The van der Waals surface area contributed by atoms with Crippen LogP contribution in [0.5, 0.6) is 0 Å².